The molecule has 1 saturated heterocycles. The van der Waals surface area contributed by atoms with Gasteiger partial charge in [0.05, 0.1) is 17.9 Å². The van der Waals surface area contributed by atoms with Gasteiger partial charge in [-0.3, -0.25) is 0 Å². The smallest absolute Gasteiger partial charge is 0.0838 e. The molecule has 2 nitrogen and oxygen atoms in total. The Morgan fingerprint density at radius 3 is 1.94 bits per heavy atom. The monoisotopic (exact) mass is 439 g/mol. The third kappa shape index (κ3) is 3.14. The van der Waals surface area contributed by atoms with E-state index in [1.165, 1.54) is 38.7 Å². The largest absolute Gasteiger partial charge is 0.366 e. The molecule has 0 saturated carbocycles. The molecule has 0 aromatic heterocycles. The van der Waals surface area contributed by atoms with Gasteiger partial charge in [0.15, 0.2) is 0 Å². The summed E-state index contributed by atoms with van der Waals surface area (Å²) in [4.78, 5) is 2.37. The van der Waals surface area contributed by atoms with E-state index < -0.39 is 0 Å². The first kappa shape index (κ1) is 19.6. The highest BCUT2D eigenvalue weighted by molar-refractivity contribution is 6.02. The van der Waals surface area contributed by atoms with Gasteiger partial charge >= 0.3 is 0 Å². The summed E-state index contributed by atoms with van der Waals surface area (Å²) in [7, 11) is 0. The Hall–Kier alpha value is -3.88. The molecule has 2 aliphatic rings. The van der Waals surface area contributed by atoms with Crippen molar-refractivity contribution in [3.05, 3.63) is 126 Å². The number of benzene rings is 5. The first-order valence-corrected chi connectivity index (χ1v) is 12.1. The lowest BCUT2D eigenvalue weighted by molar-refractivity contribution is 0.0717. The molecule has 34 heavy (non-hydrogen) atoms. The molecule has 0 spiro atoms. The zero-order valence-corrected chi connectivity index (χ0v) is 18.9. The number of anilines is 3. The van der Waals surface area contributed by atoms with E-state index in [9.17, 15) is 0 Å². The Labute approximate surface area is 200 Å². The summed E-state index contributed by atoms with van der Waals surface area (Å²) in [5.41, 5.74) is 8.73. The molecule has 2 bridgehead atoms. The number of hydrogen-bond acceptors (Lipinski definition) is 2. The van der Waals surface area contributed by atoms with Crippen molar-refractivity contribution < 1.29 is 4.74 Å². The van der Waals surface area contributed by atoms with E-state index in [4.69, 9.17) is 4.74 Å². The molecule has 0 radical (unpaired) electrons. The highest BCUT2D eigenvalue weighted by Gasteiger charge is 2.37. The summed E-state index contributed by atoms with van der Waals surface area (Å²) in [5, 5.41) is 2.48. The number of nitrogens with zero attached hydrogens (tertiary/aromatic N) is 1. The highest BCUT2D eigenvalue weighted by Crippen LogP contribution is 2.51. The summed E-state index contributed by atoms with van der Waals surface area (Å²) >= 11 is 0. The van der Waals surface area contributed by atoms with Gasteiger partial charge in [-0.25, -0.2) is 0 Å². The third-order valence-electron chi connectivity index (χ3n) is 7.24. The summed E-state index contributed by atoms with van der Waals surface area (Å²) < 4.78 is 6.17. The lowest BCUT2D eigenvalue weighted by Crippen LogP contribution is -2.10. The second-order valence-electron chi connectivity index (χ2n) is 9.26. The first-order valence-electron chi connectivity index (χ1n) is 12.1. The van der Waals surface area contributed by atoms with Crippen LogP contribution in [0.3, 0.4) is 0 Å². The molecule has 2 unspecified atom stereocenters. The normalized spacial score (nSPS) is 18.2. The Morgan fingerprint density at radius 1 is 0.559 bits per heavy atom. The molecule has 5 aromatic carbocycles. The van der Waals surface area contributed by atoms with E-state index in [2.05, 4.69) is 120 Å². The van der Waals surface area contributed by atoms with Gasteiger partial charge in [-0.05, 0) is 82.9 Å². The average Bonchev–Trinajstić information content (AvgIpc) is 3.53. The molecular formula is C32H25NO. The van der Waals surface area contributed by atoms with Gasteiger partial charge in [0.1, 0.15) is 0 Å². The van der Waals surface area contributed by atoms with Gasteiger partial charge < -0.3 is 9.64 Å². The minimum atomic E-state index is 0.269. The molecule has 7 rings (SSSR count). The zero-order chi connectivity index (χ0) is 22.5. The Kier molecular flexibility index (Phi) is 4.53. The zero-order valence-electron chi connectivity index (χ0n) is 18.9. The molecule has 2 heterocycles. The van der Waals surface area contributed by atoms with Gasteiger partial charge in [0.2, 0.25) is 0 Å². The molecule has 0 amide bonds. The van der Waals surface area contributed by atoms with Crippen molar-refractivity contribution in [2.45, 2.75) is 25.0 Å². The lowest BCUT2D eigenvalue weighted by Gasteiger charge is -2.27. The fourth-order valence-electron chi connectivity index (χ4n) is 5.64. The van der Waals surface area contributed by atoms with E-state index in [-0.39, 0.29) is 6.10 Å². The van der Waals surface area contributed by atoms with Crippen molar-refractivity contribution >= 4 is 27.8 Å². The first-order chi connectivity index (χ1) is 16.8. The number of hydrogen-bond donors (Lipinski definition) is 0. The maximum Gasteiger partial charge on any atom is 0.0838 e. The number of fused-ring (bicyclic) bond motifs is 6. The van der Waals surface area contributed by atoms with Crippen molar-refractivity contribution in [1.29, 1.82) is 0 Å². The predicted molar refractivity (Wildman–Crippen MR) is 140 cm³/mol. The fraction of sp³-hybridized carbons (Fsp3) is 0.125. The van der Waals surface area contributed by atoms with Crippen LogP contribution in [0, 0.1) is 0 Å². The number of rotatable bonds is 4. The highest BCUT2D eigenvalue weighted by atomic mass is 16.5. The van der Waals surface area contributed by atoms with Crippen LogP contribution >= 0.6 is 0 Å². The van der Waals surface area contributed by atoms with Gasteiger partial charge in [0, 0.05) is 16.8 Å². The van der Waals surface area contributed by atoms with Crippen LogP contribution in [0.5, 0.6) is 0 Å². The minimum absolute atomic E-state index is 0.269. The van der Waals surface area contributed by atoms with E-state index in [0.29, 0.717) is 6.10 Å². The quantitative estimate of drug-likeness (QED) is 0.277. The molecular weight excluding hydrogens is 414 g/mol. The topological polar surface area (TPSA) is 12.5 Å². The molecule has 0 aliphatic carbocycles. The SMILES string of the molecule is c1ccc(N(c2ccccc2)c2cc(-c3ccc4c(c3)C3CCC4O3)cc3ccccc23)cc1. The minimum Gasteiger partial charge on any atom is -0.366 e. The second kappa shape index (κ2) is 7.86. The maximum atomic E-state index is 6.17. The molecule has 0 N–H and O–H groups in total. The summed E-state index contributed by atoms with van der Waals surface area (Å²) in [6.45, 7) is 0. The molecule has 2 aliphatic heterocycles. The van der Waals surface area contributed by atoms with Gasteiger partial charge in [-0.1, -0.05) is 72.8 Å². The summed E-state index contributed by atoms with van der Waals surface area (Å²) in [5.74, 6) is 0. The molecule has 2 heteroatoms. The van der Waals surface area contributed by atoms with Crippen LogP contribution in [-0.2, 0) is 4.74 Å². The average molecular weight is 440 g/mol. The molecule has 1 fully saturated rings. The number of ether oxygens (including phenoxy) is 1. The van der Waals surface area contributed by atoms with E-state index in [0.717, 1.165) is 24.2 Å². The summed E-state index contributed by atoms with van der Waals surface area (Å²) in [6.07, 6.45) is 2.86. The van der Waals surface area contributed by atoms with E-state index >= 15 is 0 Å². The summed E-state index contributed by atoms with van der Waals surface area (Å²) in [6, 6.07) is 41.6. The van der Waals surface area contributed by atoms with Crippen molar-refractivity contribution in [3.8, 4) is 11.1 Å². The Morgan fingerprint density at radius 2 is 1.21 bits per heavy atom. The number of para-hydroxylation sites is 2. The molecule has 2 atom stereocenters. The van der Waals surface area contributed by atoms with Crippen molar-refractivity contribution in [2.24, 2.45) is 0 Å². The standard InChI is InChI=1S/C32H25NO/c1-3-10-25(11-4-1)33(26-12-5-2-6-13-26)30-21-24(19-23-9-7-8-14-27(23)30)22-15-16-28-29(20-22)32-18-17-31(28)34-32/h1-16,19-21,31-32H,17-18H2. The van der Waals surface area contributed by atoms with Gasteiger partial charge in [-0.2, -0.15) is 0 Å². The predicted octanol–water partition coefficient (Wildman–Crippen LogP) is 8.88. The van der Waals surface area contributed by atoms with Crippen LogP contribution in [0.15, 0.2) is 115 Å². The van der Waals surface area contributed by atoms with Gasteiger partial charge in [-0.15, -0.1) is 0 Å². The van der Waals surface area contributed by atoms with Crippen molar-refractivity contribution in [2.75, 3.05) is 4.90 Å². The van der Waals surface area contributed by atoms with Crippen LogP contribution in [0.25, 0.3) is 21.9 Å². The molecule has 5 aromatic rings. The van der Waals surface area contributed by atoms with E-state index in [1.807, 2.05) is 0 Å². The van der Waals surface area contributed by atoms with Gasteiger partial charge in [0.25, 0.3) is 0 Å². The molecule has 164 valence electrons. The van der Waals surface area contributed by atoms with Crippen LogP contribution in [0.1, 0.15) is 36.2 Å². The van der Waals surface area contributed by atoms with Crippen LogP contribution in [0.4, 0.5) is 17.1 Å². The van der Waals surface area contributed by atoms with Crippen LogP contribution in [-0.4, -0.2) is 0 Å². The van der Waals surface area contributed by atoms with Crippen LogP contribution in [0.2, 0.25) is 0 Å². The fourth-order valence-corrected chi connectivity index (χ4v) is 5.64. The second-order valence-corrected chi connectivity index (χ2v) is 9.26. The Bertz CT molecular complexity index is 1450. The lowest BCUT2D eigenvalue weighted by atomic mass is 9.88. The Balaban J connectivity index is 1.45. The maximum absolute atomic E-state index is 6.17. The van der Waals surface area contributed by atoms with Crippen molar-refractivity contribution in [1.82, 2.24) is 0 Å². The third-order valence-corrected chi connectivity index (χ3v) is 7.24. The van der Waals surface area contributed by atoms with Crippen LogP contribution < -0.4 is 4.90 Å². The van der Waals surface area contributed by atoms with E-state index in [1.54, 1.807) is 0 Å². The van der Waals surface area contributed by atoms with Crippen molar-refractivity contribution in [3.63, 3.8) is 0 Å².